The number of hydrogen-bond acceptors (Lipinski definition) is 4. The molecule has 0 amide bonds. The lowest BCUT2D eigenvalue weighted by molar-refractivity contribution is -0.140. The Hall–Kier alpha value is -2.14. The van der Waals surface area contributed by atoms with Crippen molar-refractivity contribution in [2.75, 3.05) is 13.2 Å². The fourth-order valence-electron chi connectivity index (χ4n) is 1.85. The molecular formula is C15H18N2O3. The summed E-state index contributed by atoms with van der Waals surface area (Å²) in [5.41, 5.74) is 0.832. The van der Waals surface area contributed by atoms with Crippen molar-refractivity contribution in [1.29, 1.82) is 0 Å². The molecule has 1 aromatic carbocycles. The van der Waals surface area contributed by atoms with Gasteiger partial charge in [0, 0.05) is 17.6 Å². The molecule has 1 heterocycles. The van der Waals surface area contributed by atoms with Crippen molar-refractivity contribution in [3.63, 3.8) is 0 Å². The summed E-state index contributed by atoms with van der Waals surface area (Å²) in [5.74, 6) is -0.280. The first kappa shape index (κ1) is 14.3. The summed E-state index contributed by atoms with van der Waals surface area (Å²) >= 11 is 0. The van der Waals surface area contributed by atoms with Crippen molar-refractivity contribution < 1.29 is 14.6 Å². The van der Waals surface area contributed by atoms with Crippen molar-refractivity contribution in [1.82, 2.24) is 10.3 Å². The van der Waals surface area contributed by atoms with Crippen LogP contribution in [-0.2, 0) is 4.79 Å². The van der Waals surface area contributed by atoms with Crippen LogP contribution in [-0.4, -0.2) is 35.3 Å². The Morgan fingerprint density at radius 1 is 1.45 bits per heavy atom. The number of carboxylic acids is 1. The number of aliphatic carboxylic acids is 1. The van der Waals surface area contributed by atoms with Crippen molar-refractivity contribution in [2.45, 2.75) is 19.4 Å². The van der Waals surface area contributed by atoms with Gasteiger partial charge >= 0.3 is 5.97 Å². The Kier molecular flexibility index (Phi) is 4.90. The third-order valence-electron chi connectivity index (χ3n) is 2.93. The van der Waals surface area contributed by atoms with Gasteiger partial charge in [0.25, 0.3) is 0 Å². The van der Waals surface area contributed by atoms with E-state index in [9.17, 15) is 4.79 Å². The zero-order valence-electron chi connectivity index (χ0n) is 11.4. The van der Waals surface area contributed by atoms with E-state index < -0.39 is 12.0 Å². The highest BCUT2D eigenvalue weighted by Gasteiger charge is 2.17. The topological polar surface area (TPSA) is 71.5 Å². The molecule has 1 unspecified atom stereocenters. The number of ether oxygens (including phenoxy) is 1. The molecule has 5 heteroatoms. The molecule has 1 aromatic heterocycles. The Morgan fingerprint density at radius 3 is 3.05 bits per heavy atom. The third kappa shape index (κ3) is 3.68. The molecule has 0 saturated carbocycles. The number of rotatable bonds is 7. The molecule has 2 N–H and O–H groups in total. The SMILES string of the molecule is CCCNC(COc1ccc2cccnc2c1)C(=O)O. The predicted molar refractivity (Wildman–Crippen MR) is 77.0 cm³/mol. The molecule has 20 heavy (non-hydrogen) atoms. The Balaban J connectivity index is 2.01. The Morgan fingerprint density at radius 2 is 2.30 bits per heavy atom. The first-order valence-electron chi connectivity index (χ1n) is 6.64. The van der Waals surface area contributed by atoms with Gasteiger partial charge in [0.1, 0.15) is 18.4 Å². The molecule has 0 aliphatic rings. The number of nitrogens with zero attached hydrogens (tertiary/aromatic N) is 1. The van der Waals surface area contributed by atoms with E-state index in [1.54, 1.807) is 6.20 Å². The zero-order chi connectivity index (χ0) is 14.4. The van der Waals surface area contributed by atoms with Crippen molar-refractivity contribution in [3.8, 4) is 5.75 Å². The maximum Gasteiger partial charge on any atom is 0.324 e. The molecule has 2 rings (SSSR count). The smallest absolute Gasteiger partial charge is 0.324 e. The number of fused-ring (bicyclic) bond motifs is 1. The van der Waals surface area contributed by atoms with E-state index in [0.717, 1.165) is 17.3 Å². The Labute approximate surface area is 117 Å². The molecule has 0 saturated heterocycles. The number of benzene rings is 1. The van der Waals surface area contributed by atoms with Crippen molar-refractivity contribution in [2.24, 2.45) is 0 Å². The molecule has 5 nitrogen and oxygen atoms in total. The lowest BCUT2D eigenvalue weighted by atomic mass is 10.2. The molecule has 2 aromatic rings. The fraction of sp³-hybridized carbons (Fsp3) is 0.333. The number of nitrogens with one attached hydrogen (secondary N) is 1. The molecule has 0 spiro atoms. The number of carboxylic acid groups (broad SMARTS) is 1. The molecule has 0 aliphatic carbocycles. The van der Waals surface area contributed by atoms with E-state index in [1.165, 1.54) is 0 Å². The van der Waals surface area contributed by atoms with Crippen LogP contribution in [0.4, 0.5) is 0 Å². The average Bonchev–Trinajstić information content (AvgIpc) is 2.46. The molecule has 106 valence electrons. The predicted octanol–water partition coefficient (Wildman–Crippen LogP) is 2.07. The standard InChI is InChI=1S/C15H18N2O3/c1-2-7-16-14(15(18)19)10-20-12-6-5-11-4-3-8-17-13(11)9-12/h3-6,8-9,14,16H,2,7,10H2,1H3,(H,18,19). The third-order valence-corrected chi connectivity index (χ3v) is 2.93. The number of aromatic nitrogens is 1. The normalized spacial score (nSPS) is 12.2. The van der Waals surface area contributed by atoms with Gasteiger partial charge in [0.15, 0.2) is 0 Å². The molecule has 0 aliphatic heterocycles. The van der Waals surface area contributed by atoms with Crippen molar-refractivity contribution >= 4 is 16.9 Å². The van der Waals surface area contributed by atoms with Crippen LogP contribution in [0.3, 0.4) is 0 Å². The van der Waals surface area contributed by atoms with Crippen LogP contribution in [0.5, 0.6) is 5.75 Å². The first-order valence-corrected chi connectivity index (χ1v) is 6.64. The lowest BCUT2D eigenvalue weighted by Gasteiger charge is -2.15. The highest BCUT2D eigenvalue weighted by atomic mass is 16.5. The quantitative estimate of drug-likeness (QED) is 0.808. The molecule has 0 fully saturated rings. The minimum atomic E-state index is -0.905. The summed E-state index contributed by atoms with van der Waals surface area (Å²) in [6.07, 6.45) is 2.60. The maximum atomic E-state index is 11.1. The minimum Gasteiger partial charge on any atom is -0.491 e. The number of carbonyl (C=O) groups is 1. The van der Waals surface area contributed by atoms with Gasteiger partial charge in [-0.2, -0.15) is 0 Å². The van der Waals surface area contributed by atoms with Gasteiger partial charge in [-0.3, -0.25) is 9.78 Å². The van der Waals surface area contributed by atoms with Crippen LogP contribution in [0.2, 0.25) is 0 Å². The van der Waals surface area contributed by atoms with Gasteiger partial charge in [-0.1, -0.05) is 13.0 Å². The lowest BCUT2D eigenvalue weighted by Crippen LogP contribution is -2.41. The highest BCUT2D eigenvalue weighted by Crippen LogP contribution is 2.18. The van der Waals surface area contributed by atoms with E-state index in [-0.39, 0.29) is 6.61 Å². The van der Waals surface area contributed by atoms with E-state index in [4.69, 9.17) is 9.84 Å². The van der Waals surface area contributed by atoms with Gasteiger partial charge in [-0.25, -0.2) is 0 Å². The summed E-state index contributed by atoms with van der Waals surface area (Å²) in [7, 11) is 0. The monoisotopic (exact) mass is 274 g/mol. The summed E-state index contributed by atoms with van der Waals surface area (Å²) in [5, 5.41) is 13.1. The highest BCUT2D eigenvalue weighted by molar-refractivity contribution is 5.79. The van der Waals surface area contributed by atoms with Crippen LogP contribution in [0, 0.1) is 0 Å². The van der Waals surface area contributed by atoms with E-state index in [2.05, 4.69) is 10.3 Å². The Bertz CT molecular complexity index is 586. The second-order valence-corrected chi connectivity index (χ2v) is 4.51. The minimum absolute atomic E-state index is 0.0909. The number of pyridine rings is 1. The van der Waals surface area contributed by atoms with Gasteiger partial charge in [-0.15, -0.1) is 0 Å². The summed E-state index contributed by atoms with van der Waals surface area (Å²) in [4.78, 5) is 15.3. The zero-order valence-corrected chi connectivity index (χ0v) is 11.4. The van der Waals surface area contributed by atoms with Gasteiger partial charge in [0.05, 0.1) is 5.52 Å². The average molecular weight is 274 g/mol. The van der Waals surface area contributed by atoms with Crippen molar-refractivity contribution in [3.05, 3.63) is 36.5 Å². The summed E-state index contributed by atoms with van der Waals surface area (Å²) in [6, 6.07) is 8.69. The van der Waals surface area contributed by atoms with Gasteiger partial charge in [-0.05, 0) is 31.2 Å². The fourth-order valence-corrected chi connectivity index (χ4v) is 1.85. The van der Waals surface area contributed by atoms with Crippen LogP contribution < -0.4 is 10.1 Å². The van der Waals surface area contributed by atoms with E-state index in [0.29, 0.717) is 12.3 Å². The van der Waals surface area contributed by atoms with E-state index in [1.807, 2.05) is 37.3 Å². The van der Waals surface area contributed by atoms with E-state index >= 15 is 0 Å². The number of hydrogen-bond donors (Lipinski definition) is 2. The first-order chi connectivity index (χ1) is 9.70. The van der Waals surface area contributed by atoms with Crippen LogP contribution in [0.25, 0.3) is 10.9 Å². The summed E-state index contributed by atoms with van der Waals surface area (Å²) < 4.78 is 5.55. The largest absolute Gasteiger partial charge is 0.491 e. The molecule has 1 atom stereocenters. The van der Waals surface area contributed by atoms with Crippen LogP contribution in [0.1, 0.15) is 13.3 Å². The summed E-state index contributed by atoms with van der Waals surface area (Å²) in [6.45, 7) is 2.73. The maximum absolute atomic E-state index is 11.1. The van der Waals surface area contributed by atoms with Gasteiger partial charge in [0.2, 0.25) is 0 Å². The van der Waals surface area contributed by atoms with Crippen LogP contribution >= 0.6 is 0 Å². The molecular weight excluding hydrogens is 256 g/mol. The second-order valence-electron chi connectivity index (χ2n) is 4.51. The second kappa shape index (κ2) is 6.86. The van der Waals surface area contributed by atoms with Gasteiger partial charge < -0.3 is 15.2 Å². The molecule has 0 bridgehead atoms. The van der Waals surface area contributed by atoms with Crippen LogP contribution in [0.15, 0.2) is 36.5 Å². The molecule has 0 radical (unpaired) electrons.